The summed E-state index contributed by atoms with van der Waals surface area (Å²) >= 11 is 0. The first-order valence-electron chi connectivity index (χ1n) is 5.66. The Morgan fingerprint density at radius 2 is 2.29 bits per heavy atom. The van der Waals surface area contributed by atoms with Crippen LogP contribution in [-0.4, -0.2) is 16.2 Å². The third kappa shape index (κ3) is 2.99. The summed E-state index contributed by atoms with van der Waals surface area (Å²) in [4.78, 5) is 3.31. The molecule has 0 aliphatic rings. The molecule has 0 amide bonds. The van der Waals surface area contributed by atoms with Crippen molar-refractivity contribution in [3.63, 3.8) is 0 Å². The molecule has 0 radical (unpaired) electrons. The predicted octanol–water partition coefficient (Wildman–Crippen LogP) is 2.67. The fourth-order valence-electron chi connectivity index (χ4n) is 1.26. The van der Waals surface area contributed by atoms with Gasteiger partial charge in [0.15, 0.2) is 5.88 Å². The number of hydrogen-bond donors (Lipinski definition) is 0. The minimum atomic E-state index is -3.07. The smallest absolute Gasteiger partial charge is 0.388 e. The van der Waals surface area contributed by atoms with Crippen molar-refractivity contribution in [2.45, 2.75) is 13.1 Å². The molecule has 0 unspecified atom stereocenters. The normalized spacial score (nSPS) is 13.4. The lowest BCUT2D eigenvalue weighted by Gasteiger charge is -2.09. The lowest BCUT2D eigenvalue weighted by Crippen LogP contribution is -2.08. The molecule has 0 N–H and O–H groups in total. The molecule has 2 rings (SSSR count). The zero-order valence-electron chi connectivity index (χ0n) is 10.5. The Bertz CT molecular complexity index is 575. The fraction of sp³-hybridized carbons (Fsp3) is 0.182. The van der Waals surface area contributed by atoms with E-state index < -0.39 is 19.1 Å². The molecular formula is C11H9F3N2O. The fourth-order valence-corrected chi connectivity index (χ4v) is 1.26. The lowest BCUT2D eigenvalue weighted by atomic mass is 10.2. The van der Waals surface area contributed by atoms with Crippen LogP contribution >= 0.6 is 0 Å². The van der Waals surface area contributed by atoms with Gasteiger partial charge in [0.05, 0.1) is 9.24 Å². The number of pyridine rings is 1. The van der Waals surface area contributed by atoms with E-state index in [-0.39, 0.29) is 11.4 Å². The van der Waals surface area contributed by atoms with Gasteiger partial charge in [0.2, 0.25) is 5.95 Å². The largest absolute Gasteiger partial charge is 0.419 e. The second-order valence-corrected chi connectivity index (χ2v) is 3.07. The number of aromatic nitrogens is 2. The summed E-state index contributed by atoms with van der Waals surface area (Å²) in [6, 6.07) is 4.70. The van der Waals surface area contributed by atoms with Gasteiger partial charge in [-0.15, -0.1) is 0 Å². The van der Waals surface area contributed by atoms with Crippen LogP contribution in [0, 0.1) is 5.95 Å². The highest BCUT2D eigenvalue weighted by atomic mass is 19.3. The van der Waals surface area contributed by atoms with Gasteiger partial charge < -0.3 is 9.30 Å². The van der Waals surface area contributed by atoms with Gasteiger partial charge in [-0.1, -0.05) is 0 Å². The van der Waals surface area contributed by atoms with Crippen molar-refractivity contribution >= 4 is 0 Å². The van der Waals surface area contributed by atoms with E-state index in [2.05, 4.69) is 9.72 Å². The summed E-state index contributed by atoms with van der Waals surface area (Å²) in [5.41, 5.74) is -0.0599. The lowest BCUT2D eigenvalue weighted by molar-refractivity contribution is -0.0549. The Labute approximate surface area is 98.3 Å². The molecule has 0 aliphatic heterocycles. The third-order valence-corrected chi connectivity index (χ3v) is 1.90. The summed E-state index contributed by atoms with van der Waals surface area (Å²) in [6.45, 7) is -5.31. The predicted molar refractivity (Wildman–Crippen MR) is 54.4 cm³/mol. The molecular weight excluding hydrogens is 233 g/mol. The van der Waals surface area contributed by atoms with Gasteiger partial charge in [-0.3, -0.25) is 0 Å². The number of ether oxygens (including phenoxy) is 1. The van der Waals surface area contributed by atoms with Crippen LogP contribution in [0.5, 0.6) is 5.88 Å². The Hall–Kier alpha value is -1.98. The first-order chi connectivity index (χ1) is 8.91. The molecule has 0 saturated heterocycles. The molecule has 2 heterocycles. The van der Waals surface area contributed by atoms with Crippen LogP contribution in [0.2, 0.25) is 0 Å². The summed E-state index contributed by atoms with van der Waals surface area (Å²) in [7, 11) is 0. The van der Waals surface area contributed by atoms with Gasteiger partial charge in [0.25, 0.3) is 0 Å². The topological polar surface area (TPSA) is 27.1 Å². The first-order valence-corrected chi connectivity index (χ1v) is 4.66. The summed E-state index contributed by atoms with van der Waals surface area (Å²) in [5, 5.41) is 0. The quantitative estimate of drug-likeness (QED) is 0.773. The van der Waals surface area contributed by atoms with E-state index in [4.69, 9.17) is 2.74 Å². The van der Waals surface area contributed by atoms with E-state index in [0.29, 0.717) is 0 Å². The van der Waals surface area contributed by atoms with Gasteiger partial charge in [-0.05, 0) is 23.8 Å². The van der Waals surface area contributed by atoms with Crippen molar-refractivity contribution < 1.29 is 20.6 Å². The van der Waals surface area contributed by atoms with Crippen molar-refractivity contribution in [2.75, 3.05) is 0 Å². The van der Waals surface area contributed by atoms with Crippen LogP contribution in [0.3, 0.4) is 0 Å². The monoisotopic (exact) mass is 244 g/mol. The number of hydrogen-bond acceptors (Lipinski definition) is 2. The average Bonchev–Trinajstić information content (AvgIpc) is 2.77. The van der Waals surface area contributed by atoms with E-state index >= 15 is 0 Å². The first kappa shape index (κ1) is 9.09. The van der Waals surface area contributed by atoms with Gasteiger partial charge in [-0.25, -0.2) is 4.98 Å². The van der Waals surface area contributed by atoms with Crippen molar-refractivity contribution in [3.8, 4) is 5.88 Å². The highest BCUT2D eigenvalue weighted by Gasteiger charge is 2.09. The third-order valence-electron chi connectivity index (χ3n) is 1.90. The Morgan fingerprint density at radius 1 is 1.47 bits per heavy atom. The molecule has 3 nitrogen and oxygen atoms in total. The van der Waals surface area contributed by atoms with Crippen molar-refractivity contribution in [2.24, 2.45) is 0 Å². The summed E-state index contributed by atoms with van der Waals surface area (Å²) in [6.07, 6.45) is 2.33. The summed E-state index contributed by atoms with van der Waals surface area (Å²) < 4.78 is 58.3. The number of nitrogens with zero attached hydrogens (tertiary/aromatic N) is 2. The minimum absolute atomic E-state index is 0.0599. The van der Waals surface area contributed by atoms with Gasteiger partial charge in [0.1, 0.15) is 0 Å². The zero-order valence-corrected chi connectivity index (χ0v) is 8.48. The molecule has 17 heavy (non-hydrogen) atoms. The van der Waals surface area contributed by atoms with Gasteiger partial charge >= 0.3 is 6.61 Å². The molecule has 0 atom stereocenters. The van der Waals surface area contributed by atoms with Crippen LogP contribution < -0.4 is 4.74 Å². The molecule has 6 heteroatoms. The molecule has 0 fully saturated rings. The van der Waals surface area contributed by atoms with Gasteiger partial charge in [-0.2, -0.15) is 13.2 Å². The van der Waals surface area contributed by atoms with Crippen LogP contribution in [0.25, 0.3) is 0 Å². The molecule has 0 bridgehead atoms. The maximum absolute atomic E-state index is 13.0. The highest BCUT2D eigenvalue weighted by molar-refractivity contribution is 5.18. The number of halogens is 3. The van der Waals surface area contributed by atoms with E-state index in [0.717, 1.165) is 16.8 Å². The van der Waals surface area contributed by atoms with Crippen molar-refractivity contribution in [1.29, 1.82) is 0 Å². The van der Waals surface area contributed by atoms with E-state index in [1.54, 1.807) is 0 Å². The standard InChI is InChI=1S/C11H9F3N2O/c12-9-6-8(3-4-15-9)7-16-5-1-2-10(16)17-11(13)14/h1-6,11H,7H2/i7D2. The minimum Gasteiger partial charge on any atom is -0.419 e. The molecule has 0 saturated carbocycles. The van der Waals surface area contributed by atoms with Crippen LogP contribution in [-0.2, 0) is 6.50 Å². The SMILES string of the molecule is [2H]C([2H])(c1ccnc(F)c1)n1cccc1OC(F)F. The number of alkyl halides is 2. The average molecular weight is 244 g/mol. The Morgan fingerprint density at radius 3 is 3.00 bits per heavy atom. The van der Waals surface area contributed by atoms with E-state index in [1.807, 2.05) is 0 Å². The van der Waals surface area contributed by atoms with E-state index in [1.165, 1.54) is 24.4 Å². The molecule has 90 valence electrons. The molecule has 0 spiro atoms. The maximum Gasteiger partial charge on any atom is 0.388 e. The molecule has 0 aromatic carbocycles. The van der Waals surface area contributed by atoms with Crippen LogP contribution in [0.4, 0.5) is 13.2 Å². The van der Waals surface area contributed by atoms with E-state index in [9.17, 15) is 13.2 Å². The summed E-state index contributed by atoms with van der Waals surface area (Å²) in [5.74, 6) is -1.21. The molecule has 0 aliphatic carbocycles. The zero-order chi connectivity index (χ0) is 14.0. The molecule has 2 aromatic heterocycles. The second kappa shape index (κ2) is 4.90. The van der Waals surface area contributed by atoms with Crippen molar-refractivity contribution in [3.05, 3.63) is 48.2 Å². The maximum atomic E-state index is 13.0. The van der Waals surface area contributed by atoms with Crippen LogP contribution in [0.1, 0.15) is 8.30 Å². The Balaban J connectivity index is 2.42. The van der Waals surface area contributed by atoms with Crippen molar-refractivity contribution in [1.82, 2.24) is 9.55 Å². The molecule has 2 aromatic rings. The van der Waals surface area contributed by atoms with Gasteiger partial charge in [0, 0.05) is 18.5 Å². The second-order valence-electron chi connectivity index (χ2n) is 3.07. The van der Waals surface area contributed by atoms with Crippen LogP contribution in [0.15, 0.2) is 36.7 Å². The Kier molecular flexibility index (Phi) is 2.62. The number of rotatable bonds is 4. The highest BCUT2D eigenvalue weighted by Crippen LogP contribution is 2.17.